The first-order chi connectivity index (χ1) is 15.4. The molecule has 168 valence electrons. The molecule has 0 saturated carbocycles. The number of nitrogens with zero attached hydrogens (tertiary/aromatic N) is 5. The van der Waals surface area contributed by atoms with Gasteiger partial charge in [0.25, 0.3) is 5.56 Å². The Bertz CT molecular complexity index is 1290. The lowest BCUT2D eigenvalue weighted by Crippen LogP contribution is -2.41. The summed E-state index contributed by atoms with van der Waals surface area (Å²) in [5.41, 5.74) is 1.28. The smallest absolute Gasteiger partial charge is 0.332 e. The van der Waals surface area contributed by atoms with E-state index in [1.165, 1.54) is 11.0 Å². The van der Waals surface area contributed by atoms with E-state index in [9.17, 15) is 14.4 Å². The van der Waals surface area contributed by atoms with Crippen LogP contribution in [0.25, 0.3) is 11.2 Å². The highest BCUT2D eigenvalue weighted by Gasteiger charge is 2.24. The number of allylic oxidation sites excluding steroid dienone is 2. The number of hydrogen-bond donors (Lipinski definition) is 0. The first-order valence-electron chi connectivity index (χ1n) is 11.0. The zero-order chi connectivity index (χ0) is 22.8. The van der Waals surface area contributed by atoms with Crippen LogP contribution in [0.1, 0.15) is 43.5 Å². The highest BCUT2D eigenvalue weighted by Crippen LogP contribution is 2.23. The maximum Gasteiger partial charge on any atom is 0.332 e. The second-order valence-electron chi connectivity index (χ2n) is 8.55. The molecule has 0 N–H and O–H groups in total. The maximum absolute atomic E-state index is 13.5. The number of carbonyl (C=O) groups excluding carboxylic acids is 1. The Hall–Kier alpha value is -3.42. The van der Waals surface area contributed by atoms with Gasteiger partial charge in [0, 0.05) is 32.2 Å². The van der Waals surface area contributed by atoms with E-state index in [4.69, 9.17) is 4.98 Å². The number of rotatable bonds is 6. The normalized spacial score (nSPS) is 14.0. The largest absolute Gasteiger partial charge is 0.342 e. The quantitative estimate of drug-likeness (QED) is 0.439. The van der Waals surface area contributed by atoms with E-state index in [0.717, 1.165) is 36.1 Å². The molecule has 0 unspecified atom stereocenters. The lowest BCUT2D eigenvalue weighted by molar-refractivity contribution is 0.0969. The molecular weight excluding hydrogens is 406 g/mol. The summed E-state index contributed by atoms with van der Waals surface area (Å²) in [6.07, 6.45) is 5.36. The summed E-state index contributed by atoms with van der Waals surface area (Å²) in [4.78, 5) is 46.3. The van der Waals surface area contributed by atoms with Gasteiger partial charge in [0.1, 0.15) is 0 Å². The van der Waals surface area contributed by atoms with Crippen molar-refractivity contribution in [1.29, 1.82) is 0 Å². The number of Topliss-reactive ketones (excluding diaryl/α,β-unsaturated/α-hetero) is 1. The molecule has 1 fully saturated rings. The van der Waals surface area contributed by atoms with Crippen LogP contribution in [0.2, 0.25) is 0 Å². The topological polar surface area (TPSA) is 82.1 Å². The van der Waals surface area contributed by atoms with Crippen LogP contribution < -0.4 is 16.1 Å². The Morgan fingerprint density at radius 1 is 1.03 bits per heavy atom. The molecule has 2 aromatic heterocycles. The minimum atomic E-state index is -0.538. The molecule has 0 amide bonds. The van der Waals surface area contributed by atoms with Gasteiger partial charge in [-0.3, -0.25) is 18.7 Å². The first-order valence-corrected chi connectivity index (χ1v) is 11.0. The van der Waals surface area contributed by atoms with E-state index in [1.54, 1.807) is 31.3 Å². The summed E-state index contributed by atoms with van der Waals surface area (Å²) < 4.78 is 4.29. The fourth-order valence-corrected chi connectivity index (χ4v) is 4.14. The van der Waals surface area contributed by atoms with Crippen LogP contribution in [0, 0.1) is 0 Å². The first kappa shape index (κ1) is 21.8. The van der Waals surface area contributed by atoms with E-state index in [0.29, 0.717) is 29.2 Å². The fourth-order valence-electron chi connectivity index (χ4n) is 4.14. The van der Waals surface area contributed by atoms with Crippen molar-refractivity contribution < 1.29 is 4.79 Å². The number of anilines is 1. The molecule has 32 heavy (non-hydrogen) atoms. The Kier molecular flexibility index (Phi) is 6.12. The van der Waals surface area contributed by atoms with Gasteiger partial charge in [-0.25, -0.2) is 4.79 Å². The van der Waals surface area contributed by atoms with E-state index in [1.807, 2.05) is 30.6 Å². The molecule has 0 aliphatic carbocycles. The molecule has 8 nitrogen and oxygen atoms in total. The van der Waals surface area contributed by atoms with Gasteiger partial charge in [-0.15, -0.1) is 0 Å². The van der Waals surface area contributed by atoms with Gasteiger partial charge in [-0.1, -0.05) is 42.0 Å². The predicted molar refractivity (Wildman–Crippen MR) is 126 cm³/mol. The van der Waals surface area contributed by atoms with Gasteiger partial charge in [0.05, 0.1) is 6.54 Å². The number of aromatic nitrogens is 4. The summed E-state index contributed by atoms with van der Waals surface area (Å²) in [6.45, 7) is 5.92. The zero-order valence-corrected chi connectivity index (χ0v) is 18.9. The Balaban J connectivity index is 1.89. The monoisotopic (exact) mass is 435 g/mol. The molecule has 3 heterocycles. The van der Waals surface area contributed by atoms with Crippen LogP contribution in [-0.2, 0) is 20.1 Å². The molecule has 8 heteroatoms. The highest BCUT2D eigenvalue weighted by atomic mass is 16.2. The minimum Gasteiger partial charge on any atom is -0.342 e. The molecule has 0 bridgehead atoms. The maximum atomic E-state index is 13.5. The van der Waals surface area contributed by atoms with Gasteiger partial charge in [0.15, 0.2) is 16.9 Å². The van der Waals surface area contributed by atoms with Crippen molar-refractivity contribution in [3.8, 4) is 0 Å². The standard InChI is InChI=1S/C24H29N5O3/c1-17(2)12-15-28-20-21(25-23(28)27-13-8-5-9-14-27)26(3)24(32)29(22(20)31)16-19(30)18-10-6-4-7-11-18/h4,6-7,10-12H,5,8-9,13-16H2,1-3H3. The molecule has 1 saturated heterocycles. The van der Waals surface area contributed by atoms with Crippen molar-refractivity contribution in [2.75, 3.05) is 18.0 Å². The molecule has 1 aliphatic heterocycles. The lowest BCUT2D eigenvalue weighted by Gasteiger charge is -2.28. The number of aryl methyl sites for hydroxylation is 1. The Morgan fingerprint density at radius 3 is 2.38 bits per heavy atom. The van der Waals surface area contributed by atoms with Crippen molar-refractivity contribution in [3.05, 3.63) is 68.4 Å². The number of ketones is 1. The summed E-state index contributed by atoms with van der Waals surface area (Å²) in [6, 6.07) is 8.71. The van der Waals surface area contributed by atoms with Crippen molar-refractivity contribution in [2.24, 2.45) is 7.05 Å². The number of hydrogen-bond acceptors (Lipinski definition) is 5. The predicted octanol–water partition coefficient (Wildman–Crippen LogP) is 2.74. The molecule has 3 aromatic rings. The van der Waals surface area contributed by atoms with Crippen LogP contribution in [0.3, 0.4) is 0 Å². The molecule has 0 spiro atoms. The Morgan fingerprint density at radius 2 is 1.72 bits per heavy atom. The van der Waals surface area contributed by atoms with Crippen LogP contribution in [-0.4, -0.2) is 37.6 Å². The van der Waals surface area contributed by atoms with Gasteiger partial charge < -0.3 is 9.47 Å². The molecule has 1 aliphatic rings. The zero-order valence-electron chi connectivity index (χ0n) is 18.9. The van der Waals surface area contributed by atoms with Gasteiger partial charge in [0.2, 0.25) is 5.95 Å². The highest BCUT2D eigenvalue weighted by molar-refractivity contribution is 5.95. The lowest BCUT2D eigenvalue weighted by atomic mass is 10.1. The van der Waals surface area contributed by atoms with Gasteiger partial charge in [-0.2, -0.15) is 4.98 Å². The summed E-state index contributed by atoms with van der Waals surface area (Å²) in [5.74, 6) is 0.423. The van der Waals surface area contributed by atoms with E-state index >= 15 is 0 Å². The number of piperidine rings is 1. The van der Waals surface area contributed by atoms with Crippen LogP contribution in [0.4, 0.5) is 5.95 Å². The van der Waals surface area contributed by atoms with E-state index in [2.05, 4.69) is 4.90 Å². The molecule has 0 radical (unpaired) electrons. The van der Waals surface area contributed by atoms with Crippen LogP contribution in [0.15, 0.2) is 51.6 Å². The second-order valence-corrected chi connectivity index (χ2v) is 8.55. The van der Waals surface area contributed by atoms with E-state index in [-0.39, 0.29) is 12.3 Å². The third kappa shape index (κ3) is 4.04. The second kappa shape index (κ2) is 8.98. The minimum absolute atomic E-state index is 0.282. The number of carbonyl (C=O) groups is 1. The molecular formula is C24H29N5O3. The summed E-state index contributed by atoms with van der Waals surface area (Å²) in [7, 11) is 1.60. The summed E-state index contributed by atoms with van der Waals surface area (Å²) >= 11 is 0. The van der Waals surface area contributed by atoms with E-state index < -0.39 is 11.2 Å². The Labute approximate surface area is 186 Å². The molecule has 4 rings (SSSR count). The average molecular weight is 436 g/mol. The average Bonchev–Trinajstić information content (AvgIpc) is 3.20. The van der Waals surface area contributed by atoms with Crippen molar-refractivity contribution in [2.45, 2.75) is 46.2 Å². The van der Waals surface area contributed by atoms with Gasteiger partial charge >= 0.3 is 5.69 Å². The molecule has 0 atom stereocenters. The third-order valence-corrected chi connectivity index (χ3v) is 5.93. The number of fused-ring (bicyclic) bond motifs is 1. The summed E-state index contributed by atoms with van der Waals surface area (Å²) in [5, 5.41) is 0. The van der Waals surface area contributed by atoms with Gasteiger partial charge in [-0.05, 0) is 33.1 Å². The third-order valence-electron chi connectivity index (χ3n) is 5.93. The molecule has 1 aromatic carbocycles. The fraction of sp³-hybridized carbons (Fsp3) is 0.417. The van der Waals surface area contributed by atoms with Crippen molar-refractivity contribution in [1.82, 2.24) is 18.7 Å². The van der Waals surface area contributed by atoms with Crippen molar-refractivity contribution >= 4 is 22.9 Å². The van der Waals surface area contributed by atoms with Crippen LogP contribution >= 0.6 is 0 Å². The SMILES string of the molecule is CC(C)=CCn1c(N2CCCCC2)nc2c1c(=O)n(CC(=O)c1ccccc1)c(=O)n2C. The van der Waals surface area contributed by atoms with Crippen LogP contribution in [0.5, 0.6) is 0 Å². The van der Waals surface area contributed by atoms with Crippen molar-refractivity contribution in [3.63, 3.8) is 0 Å². The number of benzene rings is 1. The number of imidazole rings is 1.